The summed E-state index contributed by atoms with van der Waals surface area (Å²) in [5.41, 5.74) is 2.10. The predicted octanol–water partition coefficient (Wildman–Crippen LogP) is 4.55. The van der Waals surface area contributed by atoms with Gasteiger partial charge in [-0.1, -0.05) is 50.3 Å². The molecule has 0 radical (unpaired) electrons. The number of para-hydroxylation sites is 1. The average molecular weight is 319 g/mol. The lowest BCUT2D eigenvalue weighted by molar-refractivity contribution is -0.137. The van der Waals surface area contributed by atoms with Crippen molar-refractivity contribution in [3.05, 3.63) is 29.8 Å². The lowest BCUT2D eigenvalue weighted by Gasteiger charge is -2.19. The van der Waals surface area contributed by atoms with Crippen LogP contribution in [0.25, 0.3) is 0 Å². The molecule has 0 aliphatic carbocycles. The van der Waals surface area contributed by atoms with Crippen molar-refractivity contribution < 1.29 is 14.7 Å². The number of amides is 1. The predicted molar refractivity (Wildman–Crippen MR) is 93.8 cm³/mol. The minimum atomic E-state index is -0.707. The number of hydrogen-bond donors (Lipinski definition) is 1. The molecule has 1 amide bonds. The van der Waals surface area contributed by atoms with Crippen LogP contribution in [0.4, 0.5) is 5.69 Å². The third-order valence-corrected chi connectivity index (χ3v) is 4.13. The molecule has 0 aromatic heterocycles. The molecule has 0 bridgehead atoms. The molecule has 0 fully saturated rings. The first-order chi connectivity index (χ1) is 11.0. The summed E-state index contributed by atoms with van der Waals surface area (Å²) in [5.74, 6) is -0.540. The second-order valence-electron chi connectivity index (χ2n) is 6.11. The molecule has 0 heterocycles. The molecule has 1 aromatic rings. The lowest BCUT2D eigenvalue weighted by atomic mass is 10.1. The maximum absolute atomic E-state index is 12.2. The minimum Gasteiger partial charge on any atom is -0.481 e. The highest BCUT2D eigenvalue weighted by Gasteiger charge is 2.11. The zero-order valence-electron chi connectivity index (χ0n) is 14.4. The van der Waals surface area contributed by atoms with E-state index in [-0.39, 0.29) is 12.3 Å². The molecular weight excluding hydrogens is 290 g/mol. The average Bonchev–Trinajstić information content (AvgIpc) is 2.52. The van der Waals surface area contributed by atoms with E-state index in [0.717, 1.165) is 56.2 Å². The fourth-order valence-electron chi connectivity index (χ4n) is 2.68. The van der Waals surface area contributed by atoms with E-state index in [2.05, 4.69) is 0 Å². The van der Waals surface area contributed by atoms with Crippen molar-refractivity contribution in [3.8, 4) is 0 Å². The smallest absolute Gasteiger partial charge is 0.303 e. The van der Waals surface area contributed by atoms with Crippen LogP contribution in [-0.2, 0) is 9.59 Å². The van der Waals surface area contributed by atoms with Crippen molar-refractivity contribution >= 4 is 17.6 Å². The molecule has 1 N–H and O–H groups in total. The van der Waals surface area contributed by atoms with Crippen molar-refractivity contribution in [2.75, 3.05) is 11.9 Å². The van der Waals surface area contributed by atoms with Crippen LogP contribution in [0.15, 0.2) is 24.3 Å². The van der Waals surface area contributed by atoms with Gasteiger partial charge in [-0.3, -0.25) is 9.59 Å². The normalized spacial score (nSPS) is 10.5. The molecule has 0 saturated heterocycles. The van der Waals surface area contributed by atoms with Gasteiger partial charge in [0, 0.05) is 25.6 Å². The second-order valence-corrected chi connectivity index (χ2v) is 6.11. The first kappa shape index (κ1) is 19.2. The summed E-state index contributed by atoms with van der Waals surface area (Å²) in [6.45, 7) is 2.02. The zero-order valence-corrected chi connectivity index (χ0v) is 14.4. The molecule has 0 atom stereocenters. The van der Waals surface area contributed by atoms with Gasteiger partial charge in [-0.25, -0.2) is 0 Å². The van der Waals surface area contributed by atoms with Gasteiger partial charge in [0.1, 0.15) is 0 Å². The monoisotopic (exact) mass is 319 g/mol. The number of carboxylic acids is 1. The standard InChI is InChI=1S/C19H29NO3/c1-16-12-10-11-13-17(16)20(2)18(21)14-8-6-4-3-5-7-9-15-19(22)23/h10-13H,3-9,14-15H2,1-2H3,(H,22,23). The summed E-state index contributed by atoms with van der Waals surface area (Å²) in [4.78, 5) is 24.3. The fourth-order valence-corrected chi connectivity index (χ4v) is 2.68. The van der Waals surface area contributed by atoms with Crippen LogP contribution in [0.2, 0.25) is 0 Å². The Bertz CT molecular complexity index is 499. The molecule has 4 nitrogen and oxygen atoms in total. The van der Waals surface area contributed by atoms with Gasteiger partial charge in [0.25, 0.3) is 0 Å². The van der Waals surface area contributed by atoms with Crippen molar-refractivity contribution in [3.63, 3.8) is 0 Å². The number of aryl methyl sites for hydroxylation is 1. The van der Waals surface area contributed by atoms with Crippen LogP contribution < -0.4 is 4.90 Å². The molecule has 1 rings (SSSR count). The Hall–Kier alpha value is -1.84. The summed E-state index contributed by atoms with van der Waals surface area (Å²) < 4.78 is 0. The summed E-state index contributed by atoms with van der Waals surface area (Å²) in [6.07, 6.45) is 7.94. The molecule has 0 aliphatic heterocycles. The molecule has 1 aromatic carbocycles. The van der Waals surface area contributed by atoms with Gasteiger partial charge in [-0.15, -0.1) is 0 Å². The number of benzene rings is 1. The zero-order chi connectivity index (χ0) is 17.1. The summed E-state index contributed by atoms with van der Waals surface area (Å²) >= 11 is 0. The number of nitrogens with zero attached hydrogens (tertiary/aromatic N) is 1. The molecule has 23 heavy (non-hydrogen) atoms. The quantitative estimate of drug-likeness (QED) is 0.609. The van der Waals surface area contributed by atoms with Gasteiger partial charge in [-0.05, 0) is 31.4 Å². The van der Waals surface area contributed by atoms with Crippen LogP contribution in [-0.4, -0.2) is 24.0 Å². The Morgan fingerprint density at radius 1 is 0.913 bits per heavy atom. The van der Waals surface area contributed by atoms with Crippen LogP contribution in [0.5, 0.6) is 0 Å². The SMILES string of the molecule is Cc1ccccc1N(C)C(=O)CCCCCCCCCC(=O)O. The van der Waals surface area contributed by atoms with E-state index >= 15 is 0 Å². The number of hydrogen-bond acceptors (Lipinski definition) is 2. The summed E-state index contributed by atoms with van der Waals surface area (Å²) in [5, 5.41) is 8.55. The van der Waals surface area contributed by atoms with Gasteiger partial charge < -0.3 is 10.0 Å². The Kier molecular flexibility index (Phi) is 9.03. The van der Waals surface area contributed by atoms with E-state index in [1.54, 1.807) is 4.90 Å². The van der Waals surface area contributed by atoms with E-state index in [4.69, 9.17) is 5.11 Å². The molecule has 0 saturated carbocycles. The number of carbonyl (C=O) groups excluding carboxylic acids is 1. The molecule has 0 spiro atoms. The number of anilines is 1. The van der Waals surface area contributed by atoms with E-state index in [1.807, 2.05) is 38.2 Å². The minimum absolute atomic E-state index is 0.167. The Morgan fingerprint density at radius 2 is 1.43 bits per heavy atom. The topological polar surface area (TPSA) is 57.6 Å². The Balaban J connectivity index is 2.10. The first-order valence-electron chi connectivity index (χ1n) is 8.56. The molecule has 0 aliphatic rings. The van der Waals surface area contributed by atoms with Gasteiger partial charge in [0.15, 0.2) is 0 Å². The highest BCUT2D eigenvalue weighted by Crippen LogP contribution is 2.19. The van der Waals surface area contributed by atoms with E-state index < -0.39 is 5.97 Å². The second kappa shape index (κ2) is 10.8. The number of carboxylic acid groups (broad SMARTS) is 1. The van der Waals surface area contributed by atoms with Crippen LogP contribution in [0.3, 0.4) is 0 Å². The van der Waals surface area contributed by atoms with E-state index in [1.165, 1.54) is 0 Å². The maximum atomic E-state index is 12.2. The van der Waals surface area contributed by atoms with E-state index in [0.29, 0.717) is 6.42 Å². The van der Waals surface area contributed by atoms with Crippen molar-refractivity contribution in [2.45, 2.75) is 64.7 Å². The number of aliphatic carboxylic acids is 1. The van der Waals surface area contributed by atoms with Crippen molar-refractivity contribution in [1.29, 1.82) is 0 Å². The van der Waals surface area contributed by atoms with Crippen LogP contribution >= 0.6 is 0 Å². The van der Waals surface area contributed by atoms with E-state index in [9.17, 15) is 9.59 Å². The molecular formula is C19H29NO3. The summed E-state index contributed by atoms with van der Waals surface area (Å²) in [6, 6.07) is 7.93. The van der Waals surface area contributed by atoms with Crippen LogP contribution in [0, 0.1) is 6.92 Å². The molecule has 0 unspecified atom stereocenters. The van der Waals surface area contributed by atoms with Gasteiger partial charge in [-0.2, -0.15) is 0 Å². The maximum Gasteiger partial charge on any atom is 0.303 e. The van der Waals surface area contributed by atoms with Crippen molar-refractivity contribution in [2.24, 2.45) is 0 Å². The molecule has 4 heteroatoms. The lowest BCUT2D eigenvalue weighted by Crippen LogP contribution is -2.26. The number of carbonyl (C=O) groups is 2. The highest BCUT2D eigenvalue weighted by atomic mass is 16.4. The molecule has 128 valence electrons. The number of unbranched alkanes of at least 4 members (excludes halogenated alkanes) is 6. The Morgan fingerprint density at radius 3 is 2.00 bits per heavy atom. The van der Waals surface area contributed by atoms with Gasteiger partial charge >= 0.3 is 5.97 Å². The Labute approximate surface area is 139 Å². The van der Waals surface area contributed by atoms with Gasteiger partial charge in [0.2, 0.25) is 5.91 Å². The van der Waals surface area contributed by atoms with Crippen molar-refractivity contribution in [1.82, 2.24) is 0 Å². The third kappa shape index (κ3) is 7.82. The largest absolute Gasteiger partial charge is 0.481 e. The number of rotatable bonds is 11. The highest BCUT2D eigenvalue weighted by molar-refractivity contribution is 5.93. The fraction of sp³-hybridized carbons (Fsp3) is 0.579. The first-order valence-corrected chi connectivity index (χ1v) is 8.56. The van der Waals surface area contributed by atoms with Crippen LogP contribution in [0.1, 0.15) is 63.4 Å². The summed E-state index contributed by atoms with van der Waals surface area (Å²) in [7, 11) is 1.84. The third-order valence-electron chi connectivity index (χ3n) is 4.13. The van der Waals surface area contributed by atoms with Gasteiger partial charge in [0.05, 0.1) is 0 Å².